The zero-order valence-electron chi connectivity index (χ0n) is 13.3. The van der Waals surface area contributed by atoms with Crippen molar-refractivity contribution in [3.05, 3.63) is 42.2 Å². The topological polar surface area (TPSA) is 102 Å². The molecule has 3 rings (SSSR count). The molecule has 9 heteroatoms. The van der Waals surface area contributed by atoms with Crippen molar-refractivity contribution < 1.29 is 14.3 Å². The van der Waals surface area contributed by atoms with Crippen LogP contribution < -0.4 is 5.32 Å². The summed E-state index contributed by atoms with van der Waals surface area (Å²) in [6.07, 6.45) is 6.02. The lowest BCUT2D eigenvalue weighted by atomic mass is 10.1. The van der Waals surface area contributed by atoms with E-state index >= 15 is 0 Å². The molecule has 0 unspecified atom stereocenters. The van der Waals surface area contributed by atoms with Crippen molar-refractivity contribution in [2.45, 2.75) is 12.6 Å². The third kappa shape index (κ3) is 3.25. The molecule has 3 heterocycles. The largest absolute Gasteiger partial charge is 0.383 e. The molecule has 2 aromatic heterocycles. The van der Waals surface area contributed by atoms with Gasteiger partial charge >= 0.3 is 0 Å². The van der Waals surface area contributed by atoms with Crippen molar-refractivity contribution in [3.8, 4) is 0 Å². The number of ether oxygens (including phenoxy) is 1. The predicted molar refractivity (Wildman–Crippen MR) is 82.9 cm³/mol. The van der Waals surface area contributed by atoms with E-state index in [1.807, 2.05) is 0 Å². The summed E-state index contributed by atoms with van der Waals surface area (Å²) in [5.41, 5.74) is 1.05. The summed E-state index contributed by atoms with van der Waals surface area (Å²) in [6, 6.07) is 1.21. The minimum Gasteiger partial charge on any atom is -0.383 e. The van der Waals surface area contributed by atoms with Gasteiger partial charge in [0.05, 0.1) is 31.6 Å². The first-order chi connectivity index (χ1) is 11.7. The maximum Gasteiger partial charge on any atom is 0.274 e. The monoisotopic (exact) mass is 330 g/mol. The fourth-order valence-electron chi connectivity index (χ4n) is 2.61. The Bertz CT molecular complexity index is 717. The van der Waals surface area contributed by atoms with Gasteiger partial charge in [0.25, 0.3) is 5.91 Å². The summed E-state index contributed by atoms with van der Waals surface area (Å²) in [6.45, 7) is 1.42. The maximum absolute atomic E-state index is 12.6. The van der Waals surface area contributed by atoms with Gasteiger partial charge in [0.15, 0.2) is 0 Å². The first-order valence-corrected chi connectivity index (χ1v) is 7.55. The molecular weight excluding hydrogens is 312 g/mol. The minimum atomic E-state index is -0.582. The van der Waals surface area contributed by atoms with Gasteiger partial charge in [0, 0.05) is 32.2 Å². The summed E-state index contributed by atoms with van der Waals surface area (Å²) in [5, 5.41) is 7.01. The molecule has 0 fully saturated rings. The van der Waals surface area contributed by atoms with Crippen LogP contribution >= 0.6 is 0 Å². The van der Waals surface area contributed by atoms with E-state index in [-0.39, 0.29) is 24.1 Å². The Morgan fingerprint density at radius 1 is 1.38 bits per heavy atom. The number of carbonyl (C=O) groups is 2. The lowest BCUT2D eigenvalue weighted by Crippen LogP contribution is -2.47. The minimum absolute atomic E-state index is 0.200. The van der Waals surface area contributed by atoms with Crippen LogP contribution in [0.4, 0.5) is 0 Å². The summed E-state index contributed by atoms with van der Waals surface area (Å²) in [7, 11) is 1.57. The normalized spacial score (nSPS) is 16.5. The van der Waals surface area contributed by atoms with Crippen molar-refractivity contribution in [1.29, 1.82) is 0 Å². The van der Waals surface area contributed by atoms with Gasteiger partial charge in [-0.1, -0.05) is 0 Å². The number of nitrogens with one attached hydrogen (secondary N) is 1. The Kier molecular flexibility index (Phi) is 4.80. The van der Waals surface area contributed by atoms with Gasteiger partial charge in [-0.3, -0.25) is 19.3 Å². The SMILES string of the molecule is COCCNC(=O)[C@H]1CN(C(=O)c2cnccn2)Cc2ccnn21. The highest BCUT2D eigenvalue weighted by atomic mass is 16.5. The highest BCUT2D eigenvalue weighted by Crippen LogP contribution is 2.21. The first kappa shape index (κ1) is 16.1. The number of rotatable bonds is 5. The Morgan fingerprint density at radius 2 is 2.25 bits per heavy atom. The van der Waals surface area contributed by atoms with E-state index in [1.165, 1.54) is 18.6 Å². The van der Waals surface area contributed by atoms with Crippen molar-refractivity contribution in [1.82, 2.24) is 30.0 Å². The molecule has 0 radical (unpaired) electrons. The van der Waals surface area contributed by atoms with E-state index in [9.17, 15) is 9.59 Å². The highest BCUT2D eigenvalue weighted by Gasteiger charge is 2.33. The van der Waals surface area contributed by atoms with Crippen LogP contribution in [0.3, 0.4) is 0 Å². The van der Waals surface area contributed by atoms with Gasteiger partial charge in [-0.15, -0.1) is 0 Å². The van der Waals surface area contributed by atoms with E-state index in [0.29, 0.717) is 19.7 Å². The third-order valence-corrected chi connectivity index (χ3v) is 3.77. The van der Waals surface area contributed by atoms with Gasteiger partial charge < -0.3 is 15.0 Å². The smallest absolute Gasteiger partial charge is 0.274 e. The molecule has 1 aliphatic heterocycles. The van der Waals surface area contributed by atoms with Crippen LogP contribution in [-0.2, 0) is 16.1 Å². The third-order valence-electron chi connectivity index (χ3n) is 3.77. The molecule has 0 bridgehead atoms. The molecule has 126 valence electrons. The lowest BCUT2D eigenvalue weighted by molar-refractivity contribution is -0.125. The number of hydrogen-bond acceptors (Lipinski definition) is 6. The first-order valence-electron chi connectivity index (χ1n) is 7.55. The number of fused-ring (bicyclic) bond motifs is 1. The molecule has 0 aliphatic carbocycles. The highest BCUT2D eigenvalue weighted by molar-refractivity contribution is 5.92. The second kappa shape index (κ2) is 7.18. The number of aromatic nitrogens is 4. The number of nitrogens with zero attached hydrogens (tertiary/aromatic N) is 5. The van der Waals surface area contributed by atoms with Crippen molar-refractivity contribution in [2.24, 2.45) is 0 Å². The van der Waals surface area contributed by atoms with Crippen LogP contribution in [0.2, 0.25) is 0 Å². The van der Waals surface area contributed by atoms with Crippen molar-refractivity contribution in [3.63, 3.8) is 0 Å². The second-order valence-corrected chi connectivity index (χ2v) is 5.34. The van der Waals surface area contributed by atoms with Gasteiger partial charge in [-0.2, -0.15) is 5.10 Å². The zero-order chi connectivity index (χ0) is 16.9. The number of amides is 2. The Balaban J connectivity index is 1.78. The molecule has 0 spiro atoms. The molecular formula is C15H18N6O3. The van der Waals surface area contributed by atoms with Crippen molar-refractivity contribution in [2.75, 3.05) is 26.8 Å². The van der Waals surface area contributed by atoms with Crippen LogP contribution in [0.1, 0.15) is 22.2 Å². The Morgan fingerprint density at radius 3 is 3.00 bits per heavy atom. The van der Waals surface area contributed by atoms with E-state index in [2.05, 4.69) is 20.4 Å². The average Bonchev–Trinajstić information content (AvgIpc) is 3.09. The summed E-state index contributed by atoms with van der Waals surface area (Å²) >= 11 is 0. The van der Waals surface area contributed by atoms with Gasteiger partial charge in [0.1, 0.15) is 11.7 Å². The molecule has 0 saturated carbocycles. The van der Waals surface area contributed by atoms with Crippen LogP contribution in [0.5, 0.6) is 0 Å². The zero-order valence-corrected chi connectivity index (χ0v) is 13.3. The van der Waals surface area contributed by atoms with E-state index in [1.54, 1.807) is 29.0 Å². The quantitative estimate of drug-likeness (QED) is 0.751. The summed E-state index contributed by atoms with van der Waals surface area (Å²) < 4.78 is 6.59. The Hall–Kier alpha value is -2.81. The number of methoxy groups -OCH3 is 1. The van der Waals surface area contributed by atoms with Crippen LogP contribution in [-0.4, -0.2) is 63.3 Å². The molecule has 9 nitrogen and oxygen atoms in total. The van der Waals surface area contributed by atoms with E-state index in [4.69, 9.17) is 4.74 Å². The van der Waals surface area contributed by atoms with Gasteiger partial charge in [-0.25, -0.2) is 4.98 Å². The lowest BCUT2D eigenvalue weighted by Gasteiger charge is -2.32. The standard InChI is InChI=1S/C15H18N6O3/c1-24-7-6-18-14(22)13-10-20(9-11-2-3-19-21(11)13)15(23)12-8-16-4-5-17-12/h2-5,8,13H,6-7,9-10H2,1H3,(H,18,22)/t13-/m1/s1. The molecule has 1 aliphatic rings. The average molecular weight is 330 g/mol. The maximum atomic E-state index is 12.6. The molecule has 2 aromatic rings. The van der Waals surface area contributed by atoms with Crippen molar-refractivity contribution >= 4 is 11.8 Å². The molecule has 1 atom stereocenters. The Labute approximate surface area is 138 Å². The molecule has 1 N–H and O–H groups in total. The fraction of sp³-hybridized carbons (Fsp3) is 0.400. The van der Waals surface area contributed by atoms with E-state index < -0.39 is 6.04 Å². The fourth-order valence-corrected chi connectivity index (χ4v) is 2.61. The molecule has 0 saturated heterocycles. The molecule has 0 aromatic carbocycles. The summed E-state index contributed by atoms with van der Waals surface area (Å²) in [4.78, 5) is 34.6. The molecule has 24 heavy (non-hydrogen) atoms. The van der Waals surface area contributed by atoms with E-state index in [0.717, 1.165) is 5.69 Å². The summed E-state index contributed by atoms with van der Waals surface area (Å²) in [5.74, 6) is -0.459. The predicted octanol–water partition coefficient (Wildman–Crippen LogP) is -0.367. The number of carbonyl (C=O) groups excluding carboxylic acids is 2. The van der Waals surface area contributed by atoms with Crippen LogP contribution in [0.25, 0.3) is 0 Å². The van der Waals surface area contributed by atoms with Gasteiger partial charge in [-0.05, 0) is 6.07 Å². The van der Waals surface area contributed by atoms with Crippen LogP contribution in [0.15, 0.2) is 30.9 Å². The van der Waals surface area contributed by atoms with Gasteiger partial charge in [0.2, 0.25) is 5.91 Å². The molecule has 2 amide bonds. The number of hydrogen-bond donors (Lipinski definition) is 1. The second-order valence-electron chi connectivity index (χ2n) is 5.34. The van der Waals surface area contributed by atoms with Crippen LogP contribution in [0, 0.1) is 0 Å².